The lowest BCUT2D eigenvalue weighted by Crippen LogP contribution is -1.99. The number of fused-ring (bicyclic) bond motifs is 2. The van der Waals surface area contributed by atoms with E-state index in [4.69, 9.17) is 4.74 Å². The van der Waals surface area contributed by atoms with E-state index in [0.29, 0.717) is 11.1 Å². The van der Waals surface area contributed by atoms with E-state index in [1.54, 1.807) is 0 Å². The van der Waals surface area contributed by atoms with Crippen molar-refractivity contribution >= 4 is 16.9 Å². The number of para-hydroxylation sites is 1. The summed E-state index contributed by atoms with van der Waals surface area (Å²) < 4.78 is 18.9. The predicted molar refractivity (Wildman–Crippen MR) is 72.0 cm³/mol. The van der Waals surface area contributed by atoms with Crippen LogP contribution in [-0.2, 0) is 4.74 Å². The van der Waals surface area contributed by atoms with Gasteiger partial charge in [-0.05, 0) is 24.3 Å². The Bertz CT molecular complexity index is 837. The minimum Gasteiger partial charge on any atom is -0.449 e. The highest BCUT2D eigenvalue weighted by atomic mass is 19.1. The number of rotatable bonds is 1. The molecule has 0 saturated heterocycles. The zero-order valence-corrected chi connectivity index (χ0v) is 10.4. The van der Waals surface area contributed by atoms with Gasteiger partial charge in [-0.1, -0.05) is 18.2 Å². The largest absolute Gasteiger partial charge is 0.449 e. The van der Waals surface area contributed by atoms with Crippen LogP contribution in [0.4, 0.5) is 4.39 Å². The number of ether oxygens (including phenoxy) is 1. The van der Waals surface area contributed by atoms with E-state index in [9.17, 15) is 9.18 Å². The fourth-order valence-electron chi connectivity index (χ4n) is 2.71. The molecular formula is C16H10FNO2. The van der Waals surface area contributed by atoms with E-state index in [2.05, 4.69) is 4.98 Å². The lowest BCUT2D eigenvalue weighted by atomic mass is 9.99. The fourth-order valence-corrected chi connectivity index (χ4v) is 2.71. The van der Waals surface area contributed by atoms with Gasteiger partial charge in [0.1, 0.15) is 5.82 Å². The Morgan fingerprint density at radius 2 is 1.95 bits per heavy atom. The molecule has 20 heavy (non-hydrogen) atoms. The molecule has 98 valence electrons. The van der Waals surface area contributed by atoms with Crippen LogP contribution in [-0.4, -0.2) is 11.0 Å². The normalized spacial score (nSPS) is 17.2. The number of carbonyl (C=O) groups excluding carboxylic acids is 1. The Labute approximate surface area is 114 Å². The van der Waals surface area contributed by atoms with Crippen molar-refractivity contribution in [3.05, 3.63) is 71.2 Å². The summed E-state index contributed by atoms with van der Waals surface area (Å²) in [5.74, 6) is -0.776. The molecule has 1 aromatic heterocycles. The van der Waals surface area contributed by atoms with Gasteiger partial charge in [0.05, 0.1) is 5.56 Å². The van der Waals surface area contributed by atoms with Crippen molar-refractivity contribution in [3.63, 3.8) is 0 Å². The smallest absolute Gasteiger partial charge is 0.339 e. The van der Waals surface area contributed by atoms with E-state index in [0.717, 1.165) is 16.5 Å². The Morgan fingerprint density at radius 3 is 2.85 bits per heavy atom. The van der Waals surface area contributed by atoms with Crippen LogP contribution in [0.1, 0.15) is 27.6 Å². The van der Waals surface area contributed by atoms with Crippen LogP contribution >= 0.6 is 0 Å². The van der Waals surface area contributed by atoms with Gasteiger partial charge in [0.2, 0.25) is 0 Å². The molecule has 2 aromatic carbocycles. The maximum atomic E-state index is 13.4. The number of aromatic amines is 1. The Kier molecular flexibility index (Phi) is 2.21. The minimum atomic E-state index is -0.552. The molecule has 1 atom stereocenters. The Morgan fingerprint density at radius 1 is 1.10 bits per heavy atom. The molecule has 3 aromatic rings. The molecule has 1 aliphatic heterocycles. The van der Waals surface area contributed by atoms with Crippen LogP contribution in [0.3, 0.4) is 0 Å². The van der Waals surface area contributed by atoms with E-state index in [-0.39, 0.29) is 5.82 Å². The van der Waals surface area contributed by atoms with Crippen molar-refractivity contribution in [2.24, 2.45) is 0 Å². The van der Waals surface area contributed by atoms with Gasteiger partial charge in [-0.15, -0.1) is 0 Å². The average molecular weight is 267 g/mol. The third-order valence-corrected chi connectivity index (χ3v) is 3.64. The lowest BCUT2D eigenvalue weighted by molar-refractivity contribution is 0.0458. The number of cyclic esters (lactones) is 1. The second-order valence-electron chi connectivity index (χ2n) is 4.81. The number of hydrogen-bond donors (Lipinski definition) is 1. The maximum absolute atomic E-state index is 13.4. The summed E-state index contributed by atoms with van der Waals surface area (Å²) in [5.41, 5.74) is 2.82. The number of benzene rings is 2. The molecule has 0 aliphatic carbocycles. The number of hydrogen-bond acceptors (Lipinski definition) is 2. The van der Waals surface area contributed by atoms with Crippen molar-refractivity contribution in [2.45, 2.75) is 6.10 Å². The summed E-state index contributed by atoms with van der Waals surface area (Å²) in [5, 5.41) is 0.974. The van der Waals surface area contributed by atoms with Crippen LogP contribution in [0, 0.1) is 5.82 Å². The fraction of sp³-hybridized carbons (Fsp3) is 0.0625. The van der Waals surface area contributed by atoms with Gasteiger partial charge in [0, 0.05) is 28.2 Å². The third kappa shape index (κ3) is 1.48. The Balaban J connectivity index is 1.93. The van der Waals surface area contributed by atoms with Gasteiger partial charge in [-0.3, -0.25) is 0 Å². The first-order valence-corrected chi connectivity index (χ1v) is 6.30. The highest BCUT2D eigenvalue weighted by Crippen LogP contribution is 2.38. The molecule has 1 aliphatic rings. The van der Waals surface area contributed by atoms with Gasteiger partial charge in [-0.2, -0.15) is 0 Å². The first-order valence-electron chi connectivity index (χ1n) is 6.30. The molecule has 0 spiro atoms. The van der Waals surface area contributed by atoms with E-state index >= 15 is 0 Å². The van der Waals surface area contributed by atoms with Crippen molar-refractivity contribution in [1.29, 1.82) is 0 Å². The number of aromatic nitrogens is 1. The highest BCUT2D eigenvalue weighted by molar-refractivity contribution is 5.95. The minimum absolute atomic E-state index is 0.369. The summed E-state index contributed by atoms with van der Waals surface area (Å²) in [6.45, 7) is 0. The first kappa shape index (κ1) is 11.2. The average Bonchev–Trinajstić information content (AvgIpc) is 3.00. The number of halogens is 1. The van der Waals surface area contributed by atoms with E-state index < -0.39 is 12.1 Å². The number of nitrogens with one attached hydrogen (secondary N) is 1. The molecule has 0 amide bonds. The van der Waals surface area contributed by atoms with Crippen LogP contribution < -0.4 is 0 Å². The zero-order chi connectivity index (χ0) is 13.7. The molecule has 1 N–H and O–H groups in total. The van der Waals surface area contributed by atoms with Crippen LogP contribution in [0.5, 0.6) is 0 Å². The third-order valence-electron chi connectivity index (χ3n) is 3.64. The monoisotopic (exact) mass is 267 g/mol. The lowest BCUT2D eigenvalue weighted by Gasteiger charge is -2.09. The summed E-state index contributed by atoms with van der Waals surface area (Å²) in [6.07, 6.45) is 1.26. The van der Waals surface area contributed by atoms with E-state index in [1.165, 1.54) is 18.2 Å². The van der Waals surface area contributed by atoms with E-state index in [1.807, 2.05) is 30.5 Å². The molecule has 3 nitrogen and oxygen atoms in total. The van der Waals surface area contributed by atoms with Crippen LogP contribution in [0.25, 0.3) is 10.9 Å². The second kappa shape index (κ2) is 3.93. The molecule has 4 rings (SSSR count). The molecule has 0 bridgehead atoms. The molecule has 0 saturated carbocycles. The quantitative estimate of drug-likeness (QED) is 0.685. The van der Waals surface area contributed by atoms with Gasteiger partial charge < -0.3 is 9.72 Å². The summed E-state index contributed by atoms with van der Waals surface area (Å²) in [4.78, 5) is 15.0. The van der Waals surface area contributed by atoms with Crippen molar-refractivity contribution in [3.8, 4) is 0 Å². The molecule has 0 radical (unpaired) electrons. The predicted octanol–water partition coefficient (Wildman–Crippen LogP) is 3.57. The zero-order valence-electron chi connectivity index (χ0n) is 10.4. The molecule has 2 heterocycles. The molecule has 4 heteroatoms. The Hall–Kier alpha value is -2.62. The second-order valence-corrected chi connectivity index (χ2v) is 4.81. The van der Waals surface area contributed by atoms with Gasteiger partial charge in [0.25, 0.3) is 0 Å². The number of esters is 1. The summed E-state index contributed by atoms with van der Waals surface area (Å²) in [6, 6.07) is 11.9. The van der Waals surface area contributed by atoms with Gasteiger partial charge in [-0.25, -0.2) is 9.18 Å². The summed E-state index contributed by atoms with van der Waals surface area (Å²) in [7, 11) is 0. The highest BCUT2D eigenvalue weighted by Gasteiger charge is 2.33. The van der Waals surface area contributed by atoms with Crippen LogP contribution in [0.15, 0.2) is 48.7 Å². The van der Waals surface area contributed by atoms with Gasteiger partial charge in [0.15, 0.2) is 6.10 Å². The standard InChI is InChI=1S/C16H10FNO2/c17-9-5-6-11-12(7-9)15(20-16(11)19)13-8-18-14-4-2-1-3-10(13)14/h1-8,15,18H. The summed E-state index contributed by atoms with van der Waals surface area (Å²) >= 11 is 0. The number of H-pyrrole nitrogens is 1. The van der Waals surface area contributed by atoms with Crippen molar-refractivity contribution in [2.75, 3.05) is 0 Å². The molecule has 0 fully saturated rings. The topological polar surface area (TPSA) is 42.1 Å². The molecule has 1 unspecified atom stereocenters. The first-order chi connectivity index (χ1) is 9.74. The number of carbonyl (C=O) groups is 1. The maximum Gasteiger partial charge on any atom is 0.339 e. The van der Waals surface area contributed by atoms with Crippen molar-refractivity contribution < 1.29 is 13.9 Å². The van der Waals surface area contributed by atoms with Crippen molar-refractivity contribution in [1.82, 2.24) is 4.98 Å². The molecular weight excluding hydrogens is 257 g/mol. The van der Waals surface area contributed by atoms with Crippen LogP contribution in [0.2, 0.25) is 0 Å². The van der Waals surface area contributed by atoms with Gasteiger partial charge >= 0.3 is 5.97 Å². The SMILES string of the molecule is O=C1OC(c2c[nH]c3ccccc23)c2cc(F)ccc21.